The van der Waals surface area contributed by atoms with Gasteiger partial charge in [0.1, 0.15) is 5.82 Å². The highest BCUT2D eigenvalue weighted by atomic mass is 79.9. The van der Waals surface area contributed by atoms with Gasteiger partial charge < -0.3 is 16.0 Å². The summed E-state index contributed by atoms with van der Waals surface area (Å²) in [6, 6.07) is 0. The average Bonchev–Trinajstić information content (AvgIpc) is 2.32. The van der Waals surface area contributed by atoms with Crippen LogP contribution in [0.1, 0.15) is 23.8 Å². The van der Waals surface area contributed by atoms with E-state index in [0.29, 0.717) is 17.1 Å². The number of rotatable bonds is 3. The Morgan fingerprint density at radius 1 is 1.69 bits per heavy atom. The van der Waals surface area contributed by atoms with Gasteiger partial charge >= 0.3 is 0 Å². The second-order valence-corrected chi connectivity index (χ2v) is 3.34. The fourth-order valence-corrected chi connectivity index (χ4v) is 1.60. The number of nitrogen functional groups attached to an aromatic ring is 1. The largest absolute Gasteiger partial charge is 0.383 e. The van der Waals surface area contributed by atoms with Crippen LogP contribution in [0.25, 0.3) is 0 Å². The Labute approximate surface area is 84.2 Å². The number of carbonyl (C=O) groups is 1. The third kappa shape index (κ3) is 1.82. The lowest BCUT2D eigenvalue weighted by Crippen LogP contribution is -2.14. The van der Waals surface area contributed by atoms with Gasteiger partial charge in [0.05, 0.1) is 0 Å². The highest BCUT2D eigenvalue weighted by molar-refractivity contribution is 9.10. The van der Waals surface area contributed by atoms with Crippen LogP contribution in [0.3, 0.4) is 0 Å². The first kappa shape index (κ1) is 10.0. The van der Waals surface area contributed by atoms with Crippen molar-refractivity contribution < 1.29 is 4.79 Å². The van der Waals surface area contributed by atoms with Crippen molar-refractivity contribution in [3.8, 4) is 0 Å². The van der Waals surface area contributed by atoms with E-state index >= 15 is 0 Å². The highest BCUT2D eigenvalue weighted by Gasteiger charge is 2.15. The molecule has 0 saturated heterocycles. The standard InChI is InChI=1S/C7H11BrN4O/c1-2-3-12-5(9)4(6(10)13)11-7(12)8/h2-3,9H2,1H3,(H2,10,13). The molecule has 0 radical (unpaired) electrons. The lowest BCUT2D eigenvalue weighted by Gasteiger charge is -2.03. The number of hydrogen-bond donors (Lipinski definition) is 2. The highest BCUT2D eigenvalue weighted by Crippen LogP contribution is 2.18. The van der Waals surface area contributed by atoms with E-state index in [1.54, 1.807) is 4.57 Å². The summed E-state index contributed by atoms with van der Waals surface area (Å²) in [5.41, 5.74) is 10.9. The molecule has 0 atom stereocenters. The molecule has 0 fully saturated rings. The average molecular weight is 247 g/mol. The molecule has 0 aliphatic rings. The number of carbonyl (C=O) groups excluding carboxylic acids is 1. The Kier molecular flexibility index (Phi) is 2.92. The van der Waals surface area contributed by atoms with Crippen LogP contribution in [0.2, 0.25) is 0 Å². The van der Waals surface area contributed by atoms with Crippen molar-refractivity contribution in [3.63, 3.8) is 0 Å². The van der Waals surface area contributed by atoms with Crippen molar-refractivity contribution >= 4 is 27.7 Å². The van der Waals surface area contributed by atoms with Crippen molar-refractivity contribution in [2.75, 3.05) is 5.73 Å². The van der Waals surface area contributed by atoms with E-state index in [1.807, 2.05) is 6.92 Å². The van der Waals surface area contributed by atoms with E-state index in [2.05, 4.69) is 20.9 Å². The molecular weight excluding hydrogens is 236 g/mol. The van der Waals surface area contributed by atoms with Crippen molar-refractivity contribution in [1.29, 1.82) is 0 Å². The van der Waals surface area contributed by atoms with Gasteiger partial charge in [-0.15, -0.1) is 0 Å². The molecule has 1 rings (SSSR count). The maximum atomic E-state index is 10.8. The second-order valence-electron chi connectivity index (χ2n) is 2.63. The Balaban J connectivity index is 3.14. The molecule has 0 aliphatic heterocycles. The van der Waals surface area contributed by atoms with E-state index in [4.69, 9.17) is 11.5 Å². The number of amides is 1. The first-order valence-electron chi connectivity index (χ1n) is 3.89. The molecule has 1 aromatic rings. The number of anilines is 1. The van der Waals surface area contributed by atoms with Crippen LogP contribution in [-0.4, -0.2) is 15.5 Å². The number of halogens is 1. The quantitative estimate of drug-likeness (QED) is 0.825. The van der Waals surface area contributed by atoms with Gasteiger partial charge in [-0.2, -0.15) is 0 Å². The van der Waals surface area contributed by atoms with Gasteiger partial charge in [0.15, 0.2) is 10.4 Å². The Bertz CT molecular complexity index is 333. The molecule has 6 heteroatoms. The fraction of sp³-hybridized carbons (Fsp3) is 0.429. The summed E-state index contributed by atoms with van der Waals surface area (Å²) in [5.74, 6) is -0.283. The topological polar surface area (TPSA) is 86.9 Å². The minimum absolute atomic E-state index is 0.125. The third-order valence-corrected chi connectivity index (χ3v) is 2.25. The lowest BCUT2D eigenvalue weighted by atomic mass is 10.4. The van der Waals surface area contributed by atoms with E-state index < -0.39 is 5.91 Å². The number of hydrogen-bond acceptors (Lipinski definition) is 3. The van der Waals surface area contributed by atoms with Gasteiger partial charge in [0.2, 0.25) is 0 Å². The summed E-state index contributed by atoms with van der Waals surface area (Å²) >= 11 is 3.20. The minimum Gasteiger partial charge on any atom is -0.383 e. The van der Waals surface area contributed by atoms with Gasteiger partial charge in [-0.3, -0.25) is 4.79 Å². The normalized spacial score (nSPS) is 10.3. The maximum Gasteiger partial charge on any atom is 0.271 e. The van der Waals surface area contributed by atoms with Gasteiger partial charge in [-0.1, -0.05) is 6.92 Å². The van der Waals surface area contributed by atoms with E-state index in [-0.39, 0.29) is 5.69 Å². The first-order valence-corrected chi connectivity index (χ1v) is 4.68. The Morgan fingerprint density at radius 3 is 2.69 bits per heavy atom. The third-order valence-electron chi connectivity index (χ3n) is 1.64. The van der Waals surface area contributed by atoms with Gasteiger partial charge in [-0.25, -0.2) is 4.98 Å². The minimum atomic E-state index is -0.604. The molecule has 0 aromatic carbocycles. The number of aromatic nitrogens is 2. The van der Waals surface area contributed by atoms with Gasteiger partial charge in [0.25, 0.3) is 5.91 Å². The van der Waals surface area contributed by atoms with Gasteiger partial charge in [0, 0.05) is 6.54 Å². The molecule has 72 valence electrons. The van der Waals surface area contributed by atoms with Crippen LogP contribution < -0.4 is 11.5 Å². The molecule has 1 heterocycles. The van der Waals surface area contributed by atoms with Crippen LogP contribution >= 0.6 is 15.9 Å². The number of primary amides is 1. The summed E-state index contributed by atoms with van der Waals surface area (Å²) in [4.78, 5) is 14.7. The van der Waals surface area contributed by atoms with Gasteiger partial charge in [-0.05, 0) is 22.4 Å². The molecule has 1 amide bonds. The first-order chi connectivity index (χ1) is 6.07. The molecule has 1 aromatic heterocycles. The van der Waals surface area contributed by atoms with Crippen LogP contribution in [-0.2, 0) is 6.54 Å². The predicted octanol–water partition coefficient (Wildman–Crippen LogP) is 0.737. The van der Waals surface area contributed by atoms with E-state index in [9.17, 15) is 4.79 Å². The van der Waals surface area contributed by atoms with E-state index in [0.717, 1.165) is 6.42 Å². The SMILES string of the molecule is CCCn1c(Br)nc(C(N)=O)c1N. The smallest absolute Gasteiger partial charge is 0.271 e. The molecule has 13 heavy (non-hydrogen) atoms. The zero-order chi connectivity index (χ0) is 10.0. The molecule has 0 aliphatic carbocycles. The van der Waals surface area contributed by atoms with Crippen molar-refractivity contribution in [1.82, 2.24) is 9.55 Å². The zero-order valence-electron chi connectivity index (χ0n) is 7.25. The molecule has 5 nitrogen and oxygen atoms in total. The summed E-state index contributed by atoms with van der Waals surface area (Å²) in [7, 11) is 0. The summed E-state index contributed by atoms with van der Waals surface area (Å²) < 4.78 is 2.25. The number of imidazole rings is 1. The van der Waals surface area contributed by atoms with Crippen LogP contribution in [0.4, 0.5) is 5.82 Å². The van der Waals surface area contributed by atoms with Crippen LogP contribution in [0.15, 0.2) is 4.73 Å². The van der Waals surface area contributed by atoms with Crippen molar-refractivity contribution in [3.05, 3.63) is 10.4 Å². The summed E-state index contributed by atoms with van der Waals surface area (Å²) in [6.45, 7) is 2.72. The predicted molar refractivity (Wildman–Crippen MR) is 53.1 cm³/mol. The maximum absolute atomic E-state index is 10.8. The Hall–Kier alpha value is -1.04. The number of nitrogens with two attached hydrogens (primary N) is 2. The van der Waals surface area contributed by atoms with Crippen molar-refractivity contribution in [2.24, 2.45) is 5.73 Å². The summed E-state index contributed by atoms with van der Waals surface area (Å²) in [6.07, 6.45) is 0.914. The van der Waals surface area contributed by atoms with Crippen LogP contribution in [0.5, 0.6) is 0 Å². The molecular formula is C7H11BrN4O. The van der Waals surface area contributed by atoms with E-state index in [1.165, 1.54) is 0 Å². The van der Waals surface area contributed by atoms with Crippen LogP contribution in [0, 0.1) is 0 Å². The fourth-order valence-electron chi connectivity index (χ4n) is 1.05. The molecule has 0 saturated carbocycles. The molecule has 0 unspecified atom stereocenters. The number of nitrogens with zero attached hydrogens (tertiary/aromatic N) is 2. The molecule has 4 N–H and O–H groups in total. The molecule has 0 spiro atoms. The summed E-state index contributed by atoms with van der Waals surface area (Å²) in [5, 5.41) is 0. The molecule has 0 bridgehead atoms. The lowest BCUT2D eigenvalue weighted by molar-refractivity contribution is 0.0997. The Morgan fingerprint density at radius 2 is 2.31 bits per heavy atom. The monoisotopic (exact) mass is 246 g/mol. The zero-order valence-corrected chi connectivity index (χ0v) is 8.84. The second kappa shape index (κ2) is 3.78. The van der Waals surface area contributed by atoms with Crippen molar-refractivity contribution in [2.45, 2.75) is 19.9 Å².